The Kier molecular flexibility index (Phi) is 3.26. The van der Waals surface area contributed by atoms with E-state index in [1.165, 1.54) is 6.42 Å². The summed E-state index contributed by atoms with van der Waals surface area (Å²) in [5.74, 6) is 1.53. The van der Waals surface area contributed by atoms with Gasteiger partial charge in [-0.25, -0.2) is 9.67 Å². The Morgan fingerprint density at radius 1 is 1.41 bits per heavy atom. The molecule has 4 bridgehead atoms. The maximum absolute atomic E-state index is 12.9. The molecule has 1 aromatic rings. The SMILES string of the molecule is CCCNC(=O)C12CC3CC(C1)CC(n1cnc(Cl)n1)(C3)C2. The molecule has 22 heavy (non-hydrogen) atoms. The van der Waals surface area contributed by atoms with E-state index < -0.39 is 0 Å². The minimum absolute atomic E-state index is 0.0478. The lowest BCUT2D eigenvalue weighted by Gasteiger charge is -2.60. The van der Waals surface area contributed by atoms with Gasteiger partial charge in [0.2, 0.25) is 11.2 Å². The van der Waals surface area contributed by atoms with Crippen molar-refractivity contribution >= 4 is 17.5 Å². The van der Waals surface area contributed by atoms with E-state index >= 15 is 0 Å². The van der Waals surface area contributed by atoms with Gasteiger partial charge in [0.05, 0.1) is 11.0 Å². The molecule has 5 rings (SSSR count). The van der Waals surface area contributed by atoms with E-state index in [0.29, 0.717) is 17.1 Å². The smallest absolute Gasteiger partial charge is 0.242 e. The van der Waals surface area contributed by atoms with Crippen LogP contribution in [0.2, 0.25) is 5.28 Å². The fourth-order valence-electron chi connectivity index (χ4n) is 5.65. The Morgan fingerprint density at radius 2 is 2.14 bits per heavy atom. The van der Waals surface area contributed by atoms with Crippen molar-refractivity contribution in [3.63, 3.8) is 0 Å². The third-order valence-electron chi connectivity index (χ3n) is 6.00. The van der Waals surface area contributed by atoms with Crippen LogP contribution in [0.5, 0.6) is 0 Å². The summed E-state index contributed by atoms with van der Waals surface area (Å²) in [6.45, 7) is 2.87. The number of amides is 1. The molecule has 0 aromatic carbocycles. The van der Waals surface area contributed by atoms with E-state index in [4.69, 9.17) is 11.6 Å². The predicted molar refractivity (Wildman–Crippen MR) is 83.4 cm³/mol. The van der Waals surface area contributed by atoms with Crippen LogP contribution in [0.3, 0.4) is 0 Å². The highest BCUT2D eigenvalue weighted by atomic mass is 35.5. The number of rotatable bonds is 4. The second kappa shape index (κ2) is 4.95. The van der Waals surface area contributed by atoms with Gasteiger partial charge in [-0.3, -0.25) is 4.79 Å². The van der Waals surface area contributed by atoms with Crippen molar-refractivity contribution in [2.75, 3.05) is 6.54 Å². The molecular formula is C16H23ClN4O. The van der Waals surface area contributed by atoms with E-state index in [9.17, 15) is 4.79 Å². The Morgan fingerprint density at radius 3 is 2.73 bits per heavy atom. The highest BCUT2D eigenvalue weighted by molar-refractivity contribution is 6.28. The van der Waals surface area contributed by atoms with Crippen LogP contribution in [-0.2, 0) is 10.3 Å². The van der Waals surface area contributed by atoms with E-state index in [1.54, 1.807) is 6.33 Å². The lowest BCUT2D eigenvalue weighted by atomic mass is 9.46. The van der Waals surface area contributed by atoms with Gasteiger partial charge in [-0.15, -0.1) is 5.10 Å². The highest BCUT2D eigenvalue weighted by Crippen LogP contribution is 2.64. The van der Waals surface area contributed by atoms with Gasteiger partial charge in [0, 0.05) is 6.54 Å². The monoisotopic (exact) mass is 322 g/mol. The molecule has 4 saturated carbocycles. The van der Waals surface area contributed by atoms with Crippen LogP contribution in [0.25, 0.3) is 0 Å². The van der Waals surface area contributed by atoms with Crippen LogP contribution in [0.15, 0.2) is 6.33 Å². The van der Waals surface area contributed by atoms with Gasteiger partial charge in [0.15, 0.2) is 0 Å². The maximum atomic E-state index is 12.9. The van der Waals surface area contributed by atoms with Crippen molar-refractivity contribution < 1.29 is 4.79 Å². The number of carbonyl (C=O) groups is 1. The fourth-order valence-corrected chi connectivity index (χ4v) is 5.77. The van der Waals surface area contributed by atoms with Gasteiger partial charge in [0.1, 0.15) is 6.33 Å². The maximum Gasteiger partial charge on any atom is 0.242 e. The second-order valence-corrected chi connectivity index (χ2v) is 8.02. The third kappa shape index (κ3) is 2.08. The first-order chi connectivity index (χ1) is 10.6. The molecule has 0 spiro atoms. The summed E-state index contributed by atoms with van der Waals surface area (Å²) in [5, 5.41) is 7.85. The molecule has 1 amide bonds. The number of nitrogens with zero attached hydrogens (tertiary/aromatic N) is 3. The number of carbonyl (C=O) groups excluding carboxylic acids is 1. The number of aromatic nitrogens is 3. The zero-order valence-electron chi connectivity index (χ0n) is 13.0. The van der Waals surface area contributed by atoms with Gasteiger partial charge < -0.3 is 5.32 Å². The molecule has 4 aliphatic carbocycles. The minimum atomic E-state index is -0.197. The molecule has 5 nitrogen and oxygen atoms in total. The molecular weight excluding hydrogens is 300 g/mol. The average Bonchev–Trinajstić information content (AvgIpc) is 2.91. The molecule has 1 heterocycles. The van der Waals surface area contributed by atoms with Crippen molar-refractivity contribution in [2.24, 2.45) is 17.3 Å². The van der Waals surface area contributed by atoms with Crippen molar-refractivity contribution in [1.29, 1.82) is 0 Å². The van der Waals surface area contributed by atoms with Gasteiger partial charge in [-0.2, -0.15) is 0 Å². The van der Waals surface area contributed by atoms with Gasteiger partial charge in [0.25, 0.3) is 0 Å². The molecule has 2 unspecified atom stereocenters. The van der Waals surface area contributed by atoms with Crippen LogP contribution in [0.1, 0.15) is 51.9 Å². The van der Waals surface area contributed by atoms with Crippen molar-refractivity contribution in [2.45, 2.75) is 57.4 Å². The molecule has 0 aliphatic heterocycles. The van der Waals surface area contributed by atoms with Crippen LogP contribution in [-0.4, -0.2) is 27.2 Å². The number of hydrogen-bond acceptors (Lipinski definition) is 3. The molecule has 1 aromatic heterocycles. The number of halogens is 1. The molecule has 1 N–H and O–H groups in total. The summed E-state index contributed by atoms with van der Waals surface area (Å²) in [4.78, 5) is 17.0. The predicted octanol–water partition coefficient (Wildman–Crippen LogP) is 2.75. The summed E-state index contributed by atoms with van der Waals surface area (Å²) in [6.07, 6.45) is 9.23. The van der Waals surface area contributed by atoms with Crippen molar-refractivity contribution in [3.05, 3.63) is 11.6 Å². The first-order valence-electron chi connectivity index (χ1n) is 8.41. The zero-order valence-corrected chi connectivity index (χ0v) is 13.8. The Hall–Kier alpha value is -1.10. The summed E-state index contributed by atoms with van der Waals surface area (Å²) in [6, 6.07) is 0. The second-order valence-electron chi connectivity index (χ2n) is 7.68. The Labute approximate surface area is 135 Å². The lowest BCUT2D eigenvalue weighted by molar-refractivity contribution is -0.156. The molecule has 0 radical (unpaired) electrons. The van der Waals surface area contributed by atoms with Gasteiger partial charge >= 0.3 is 0 Å². The van der Waals surface area contributed by atoms with Crippen LogP contribution >= 0.6 is 11.6 Å². The van der Waals surface area contributed by atoms with Crippen molar-refractivity contribution in [1.82, 2.24) is 20.1 Å². The standard InChI is InChI=1S/C16H23ClN4O/c1-2-3-18-13(22)15-5-11-4-12(6-15)8-16(7-11,9-15)21-10-19-14(17)20-21/h10-12H,2-9H2,1H3,(H,18,22). The topological polar surface area (TPSA) is 59.8 Å². The molecule has 4 aliphatic rings. The third-order valence-corrected chi connectivity index (χ3v) is 6.17. The van der Waals surface area contributed by atoms with E-state index in [-0.39, 0.29) is 16.9 Å². The molecule has 2 atom stereocenters. The van der Waals surface area contributed by atoms with E-state index in [1.807, 2.05) is 4.68 Å². The van der Waals surface area contributed by atoms with Crippen LogP contribution < -0.4 is 5.32 Å². The minimum Gasteiger partial charge on any atom is -0.356 e. The highest BCUT2D eigenvalue weighted by Gasteiger charge is 2.61. The normalized spacial score (nSPS) is 39.2. The zero-order chi connectivity index (χ0) is 15.4. The van der Waals surface area contributed by atoms with E-state index in [2.05, 4.69) is 22.3 Å². The molecule has 4 fully saturated rings. The number of nitrogens with one attached hydrogen (secondary N) is 1. The Balaban J connectivity index is 1.67. The van der Waals surface area contributed by atoms with Crippen LogP contribution in [0.4, 0.5) is 0 Å². The largest absolute Gasteiger partial charge is 0.356 e. The fraction of sp³-hybridized carbons (Fsp3) is 0.812. The summed E-state index contributed by atoms with van der Waals surface area (Å²) in [7, 11) is 0. The summed E-state index contributed by atoms with van der Waals surface area (Å²) in [5.41, 5.74) is -0.245. The molecule has 0 saturated heterocycles. The quantitative estimate of drug-likeness (QED) is 0.927. The van der Waals surface area contributed by atoms with Crippen LogP contribution in [0, 0.1) is 17.3 Å². The first-order valence-corrected chi connectivity index (χ1v) is 8.79. The van der Waals surface area contributed by atoms with Gasteiger partial charge in [-0.1, -0.05) is 6.92 Å². The molecule has 6 heteroatoms. The number of hydrogen-bond donors (Lipinski definition) is 1. The Bertz CT molecular complexity index is 585. The first kappa shape index (κ1) is 14.5. The van der Waals surface area contributed by atoms with E-state index in [0.717, 1.165) is 45.1 Å². The van der Waals surface area contributed by atoms with Gasteiger partial charge in [-0.05, 0) is 68.4 Å². The lowest BCUT2D eigenvalue weighted by Crippen LogP contribution is -2.61. The summed E-state index contributed by atoms with van der Waals surface area (Å²) >= 11 is 5.94. The van der Waals surface area contributed by atoms with Crippen molar-refractivity contribution in [3.8, 4) is 0 Å². The average molecular weight is 323 g/mol. The molecule has 120 valence electrons. The summed E-state index contributed by atoms with van der Waals surface area (Å²) < 4.78 is 1.97.